The van der Waals surface area contributed by atoms with Crippen LogP contribution in [-0.4, -0.2) is 40.5 Å². The van der Waals surface area contributed by atoms with E-state index in [0.717, 1.165) is 5.56 Å². The molecule has 0 saturated carbocycles. The topological polar surface area (TPSA) is 70.5 Å². The van der Waals surface area contributed by atoms with E-state index in [1.807, 2.05) is 19.9 Å². The third-order valence-electron chi connectivity index (χ3n) is 3.23. The molecule has 1 N–H and O–H groups in total. The normalized spacial score (nSPS) is 12.8. The van der Waals surface area contributed by atoms with Crippen LogP contribution in [0.4, 0.5) is 0 Å². The molecule has 1 aromatic heterocycles. The lowest BCUT2D eigenvalue weighted by Crippen LogP contribution is -2.44. The summed E-state index contributed by atoms with van der Waals surface area (Å²) in [5.74, 6) is -1.61. The Labute approximate surface area is 113 Å². The molecule has 1 unspecified atom stereocenters. The van der Waals surface area contributed by atoms with Gasteiger partial charge in [0.25, 0.3) is 0 Å². The second kappa shape index (κ2) is 5.82. The lowest BCUT2D eigenvalue weighted by atomic mass is 9.84. The molecule has 0 spiro atoms. The van der Waals surface area contributed by atoms with Crippen molar-refractivity contribution >= 4 is 11.9 Å². The van der Waals surface area contributed by atoms with E-state index < -0.39 is 17.3 Å². The van der Waals surface area contributed by atoms with Crippen LogP contribution in [0.1, 0.15) is 26.3 Å². The molecule has 1 aromatic rings. The highest BCUT2D eigenvalue weighted by atomic mass is 16.4. The highest BCUT2D eigenvalue weighted by Crippen LogP contribution is 2.24. The lowest BCUT2D eigenvalue weighted by Gasteiger charge is -2.30. The molecule has 0 aliphatic heterocycles. The maximum Gasteiger partial charge on any atom is 0.308 e. The molecule has 1 atom stereocenters. The Kier molecular flexibility index (Phi) is 4.64. The summed E-state index contributed by atoms with van der Waals surface area (Å²) in [5.41, 5.74) is 0.0937. The number of pyridine rings is 1. The monoisotopic (exact) mass is 264 g/mol. The number of carbonyl (C=O) groups excluding carboxylic acids is 1. The van der Waals surface area contributed by atoms with E-state index in [1.54, 1.807) is 32.4 Å². The Morgan fingerprint density at radius 3 is 2.58 bits per heavy atom. The minimum Gasteiger partial charge on any atom is -0.481 e. The second-order valence-corrected chi connectivity index (χ2v) is 5.29. The molecule has 1 amide bonds. The van der Waals surface area contributed by atoms with Crippen LogP contribution in [0.3, 0.4) is 0 Å². The Morgan fingerprint density at radius 2 is 2.11 bits per heavy atom. The first-order valence-corrected chi connectivity index (χ1v) is 6.15. The molecule has 19 heavy (non-hydrogen) atoms. The van der Waals surface area contributed by atoms with Gasteiger partial charge in [-0.15, -0.1) is 0 Å². The Morgan fingerprint density at radius 1 is 1.47 bits per heavy atom. The molecular weight excluding hydrogens is 244 g/mol. The summed E-state index contributed by atoms with van der Waals surface area (Å²) in [6.07, 6.45) is 3.31. The molecule has 0 bridgehead atoms. The zero-order valence-corrected chi connectivity index (χ0v) is 11.8. The third kappa shape index (κ3) is 3.53. The SMILES string of the molecule is CC(CN(C)C(=O)C(C)(C)c1cccnc1)C(=O)O. The standard InChI is InChI=1S/C14H20N2O3/c1-10(12(17)18)9-16(4)13(19)14(2,3)11-6-5-7-15-8-11/h5-8,10H,9H2,1-4H3,(H,17,18). The smallest absolute Gasteiger partial charge is 0.308 e. The van der Waals surface area contributed by atoms with Gasteiger partial charge in [-0.1, -0.05) is 13.0 Å². The molecule has 5 heteroatoms. The van der Waals surface area contributed by atoms with E-state index >= 15 is 0 Å². The number of likely N-dealkylation sites (N-methyl/N-ethyl adjacent to an activating group) is 1. The summed E-state index contributed by atoms with van der Waals surface area (Å²) in [4.78, 5) is 28.7. The van der Waals surface area contributed by atoms with Crippen molar-refractivity contribution in [1.82, 2.24) is 9.88 Å². The first-order valence-electron chi connectivity index (χ1n) is 6.15. The molecule has 0 fully saturated rings. The van der Waals surface area contributed by atoms with Crippen LogP contribution < -0.4 is 0 Å². The third-order valence-corrected chi connectivity index (χ3v) is 3.23. The van der Waals surface area contributed by atoms with E-state index in [-0.39, 0.29) is 12.5 Å². The van der Waals surface area contributed by atoms with Gasteiger partial charge in [0.05, 0.1) is 11.3 Å². The van der Waals surface area contributed by atoms with Gasteiger partial charge in [-0.25, -0.2) is 0 Å². The van der Waals surface area contributed by atoms with Gasteiger partial charge in [0.2, 0.25) is 5.91 Å². The van der Waals surface area contributed by atoms with Gasteiger partial charge in [0, 0.05) is 26.0 Å². The predicted molar refractivity (Wildman–Crippen MR) is 71.7 cm³/mol. The fraction of sp³-hybridized carbons (Fsp3) is 0.500. The van der Waals surface area contributed by atoms with Crippen molar-refractivity contribution in [3.8, 4) is 0 Å². The van der Waals surface area contributed by atoms with E-state index in [9.17, 15) is 9.59 Å². The van der Waals surface area contributed by atoms with Crippen LogP contribution in [0.5, 0.6) is 0 Å². The number of hydrogen-bond donors (Lipinski definition) is 1. The van der Waals surface area contributed by atoms with Crippen LogP contribution in [0.2, 0.25) is 0 Å². The summed E-state index contributed by atoms with van der Waals surface area (Å²) in [6.45, 7) is 5.41. The molecule has 1 rings (SSSR count). The Hall–Kier alpha value is -1.91. The van der Waals surface area contributed by atoms with Crippen molar-refractivity contribution in [2.45, 2.75) is 26.2 Å². The van der Waals surface area contributed by atoms with E-state index in [2.05, 4.69) is 4.98 Å². The summed E-state index contributed by atoms with van der Waals surface area (Å²) in [6, 6.07) is 3.63. The number of carbonyl (C=O) groups is 2. The number of nitrogens with zero attached hydrogens (tertiary/aromatic N) is 2. The largest absolute Gasteiger partial charge is 0.481 e. The van der Waals surface area contributed by atoms with Gasteiger partial charge >= 0.3 is 5.97 Å². The molecule has 0 aromatic carbocycles. The van der Waals surface area contributed by atoms with Gasteiger partial charge in [-0.3, -0.25) is 14.6 Å². The van der Waals surface area contributed by atoms with Crippen molar-refractivity contribution in [2.24, 2.45) is 5.92 Å². The molecule has 0 aliphatic carbocycles. The van der Waals surface area contributed by atoms with E-state index in [0.29, 0.717) is 0 Å². The van der Waals surface area contributed by atoms with Gasteiger partial charge in [-0.05, 0) is 25.5 Å². The highest BCUT2D eigenvalue weighted by molar-refractivity contribution is 5.87. The minimum atomic E-state index is -0.904. The number of rotatable bonds is 5. The average molecular weight is 264 g/mol. The quantitative estimate of drug-likeness (QED) is 0.875. The van der Waals surface area contributed by atoms with Crippen LogP contribution in [0.25, 0.3) is 0 Å². The maximum absolute atomic E-state index is 12.4. The average Bonchev–Trinajstić information content (AvgIpc) is 2.38. The van der Waals surface area contributed by atoms with E-state index in [4.69, 9.17) is 5.11 Å². The molecule has 0 radical (unpaired) electrons. The first-order chi connectivity index (χ1) is 8.76. The maximum atomic E-state index is 12.4. The number of aliphatic carboxylic acids is 1. The van der Waals surface area contributed by atoms with Gasteiger partial charge < -0.3 is 10.0 Å². The van der Waals surface area contributed by atoms with Crippen molar-refractivity contribution in [3.05, 3.63) is 30.1 Å². The highest BCUT2D eigenvalue weighted by Gasteiger charge is 2.33. The molecular formula is C14H20N2O3. The van der Waals surface area contributed by atoms with Crippen LogP contribution in [-0.2, 0) is 15.0 Å². The van der Waals surface area contributed by atoms with Gasteiger partial charge in [0.15, 0.2) is 0 Å². The number of hydrogen-bond acceptors (Lipinski definition) is 3. The Bertz CT molecular complexity index is 457. The van der Waals surface area contributed by atoms with Crippen molar-refractivity contribution in [1.29, 1.82) is 0 Å². The van der Waals surface area contributed by atoms with Crippen molar-refractivity contribution in [3.63, 3.8) is 0 Å². The van der Waals surface area contributed by atoms with Gasteiger partial charge in [0.1, 0.15) is 0 Å². The lowest BCUT2D eigenvalue weighted by molar-refractivity contribution is -0.143. The molecule has 0 saturated heterocycles. The number of aromatic nitrogens is 1. The summed E-state index contributed by atoms with van der Waals surface area (Å²) >= 11 is 0. The van der Waals surface area contributed by atoms with Crippen molar-refractivity contribution < 1.29 is 14.7 Å². The predicted octanol–water partition coefficient (Wildman–Crippen LogP) is 1.54. The summed E-state index contributed by atoms with van der Waals surface area (Å²) in [5, 5.41) is 8.88. The summed E-state index contributed by atoms with van der Waals surface area (Å²) < 4.78 is 0. The number of carboxylic acids is 1. The zero-order valence-electron chi connectivity index (χ0n) is 11.8. The Balaban J connectivity index is 2.84. The molecule has 1 heterocycles. The molecule has 104 valence electrons. The van der Waals surface area contributed by atoms with Crippen LogP contribution in [0.15, 0.2) is 24.5 Å². The van der Waals surface area contributed by atoms with Gasteiger partial charge in [-0.2, -0.15) is 0 Å². The molecule has 5 nitrogen and oxygen atoms in total. The number of amides is 1. The first kappa shape index (κ1) is 15.1. The van der Waals surface area contributed by atoms with E-state index in [1.165, 1.54) is 4.90 Å². The fourth-order valence-electron chi connectivity index (χ4n) is 1.90. The zero-order chi connectivity index (χ0) is 14.6. The minimum absolute atomic E-state index is 0.117. The van der Waals surface area contributed by atoms with Crippen LogP contribution in [0, 0.1) is 5.92 Å². The summed E-state index contributed by atoms with van der Waals surface area (Å²) in [7, 11) is 1.62. The fourth-order valence-corrected chi connectivity index (χ4v) is 1.90. The van der Waals surface area contributed by atoms with Crippen molar-refractivity contribution in [2.75, 3.05) is 13.6 Å². The number of carboxylic acid groups (broad SMARTS) is 1. The second-order valence-electron chi connectivity index (χ2n) is 5.29. The molecule has 0 aliphatic rings. The van der Waals surface area contributed by atoms with Crippen LogP contribution >= 0.6 is 0 Å².